The van der Waals surface area contributed by atoms with Crippen molar-refractivity contribution in [2.24, 2.45) is 0 Å². The lowest BCUT2D eigenvalue weighted by molar-refractivity contribution is 0.486. The van der Waals surface area contributed by atoms with E-state index in [9.17, 15) is 0 Å². The number of hydrogen-bond donors (Lipinski definition) is 0. The molecule has 0 aliphatic carbocycles. The highest BCUT2D eigenvalue weighted by atomic mass is 79.9. The van der Waals surface area contributed by atoms with E-state index in [2.05, 4.69) is 45.8 Å². The molecule has 3 nitrogen and oxygen atoms in total. The minimum Gasteiger partial charge on any atom is -0.455 e. The van der Waals surface area contributed by atoms with Crippen LogP contribution in [-0.2, 0) is 0 Å². The average Bonchev–Trinajstić information content (AvgIpc) is 2.43. The molecule has 3 rings (SSSR count). The molecule has 0 spiro atoms. The van der Waals surface area contributed by atoms with Crippen LogP contribution in [0.25, 0.3) is 11.0 Å². The normalized spacial score (nSPS) is 10.8. The van der Waals surface area contributed by atoms with Crippen LogP contribution in [0.15, 0.2) is 47.2 Å². The fraction of sp³-hybridized carbons (Fsp3) is 0.125. The smallest absolute Gasteiger partial charge is 0.156 e. The van der Waals surface area contributed by atoms with Crippen LogP contribution in [0.3, 0.4) is 0 Å². The Morgan fingerprint density at radius 1 is 1.00 bits per heavy atom. The maximum absolute atomic E-state index is 5.95. The quantitative estimate of drug-likeness (QED) is 0.677. The highest BCUT2D eigenvalue weighted by Crippen LogP contribution is 2.29. The third-order valence-electron chi connectivity index (χ3n) is 3.21. The summed E-state index contributed by atoms with van der Waals surface area (Å²) >= 11 is 3.40. The molecule has 0 N–H and O–H groups in total. The van der Waals surface area contributed by atoms with Crippen LogP contribution < -0.4 is 4.74 Å². The molecular formula is C16H13BrN2O. The Kier molecular flexibility index (Phi) is 3.40. The topological polar surface area (TPSA) is 35.0 Å². The summed E-state index contributed by atoms with van der Waals surface area (Å²) in [4.78, 5) is 8.69. The van der Waals surface area contributed by atoms with Crippen molar-refractivity contribution < 1.29 is 4.74 Å². The van der Waals surface area contributed by atoms with Crippen LogP contribution in [0, 0.1) is 13.8 Å². The molecule has 0 saturated heterocycles. The van der Waals surface area contributed by atoms with Crippen molar-refractivity contribution in [3.63, 3.8) is 0 Å². The maximum atomic E-state index is 5.95. The van der Waals surface area contributed by atoms with Gasteiger partial charge in [-0.15, -0.1) is 0 Å². The SMILES string of the molecule is Cc1ccc(Oc2ccnc3cc(Br)cnc23)cc1C. The number of rotatable bonds is 2. The first-order valence-electron chi connectivity index (χ1n) is 6.29. The second kappa shape index (κ2) is 5.21. The zero-order chi connectivity index (χ0) is 14.1. The van der Waals surface area contributed by atoms with Gasteiger partial charge in [0.1, 0.15) is 11.3 Å². The molecule has 0 aliphatic heterocycles. The Balaban J connectivity index is 2.04. The van der Waals surface area contributed by atoms with Crippen LogP contribution >= 0.6 is 15.9 Å². The molecular weight excluding hydrogens is 316 g/mol. The van der Waals surface area contributed by atoms with E-state index in [-0.39, 0.29) is 0 Å². The van der Waals surface area contributed by atoms with Gasteiger partial charge in [-0.3, -0.25) is 4.98 Å². The number of fused-ring (bicyclic) bond motifs is 1. The lowest BCUT2D eigenvalue weighted by Crippen LogP contribution is -1.91. The predicted molar refractivity (Wildman–Crippen MR) is 83.2 cm³/mol. The Hall–Kier alpha value is -1.94. The second-order valence-electron chi connectivity index (χ2n) is 4.68. The Bertz CT molecular complexity index is 787. The molecule has 1 aromatic carbocycles. The average molecular weight is 329 g/mol. The highest BCUT2D eigenvalue weighted by Gasteiger charge is 2.07. The van der Waals surface area contributed by atoms with E-state index in [1.54, 1.807) is 12.4 Å². The number of aryl methyl sites for hydroxylation is 2. The largest absolute Gasteiger partial charge is 0.455 e. The highest BCUT2D eigenvalue weighted by molar-refractivity contribution is 9.10. The number of halogens is 1. The van der Waals surface area contributed by atoms with Crippen molar-refractivity contribution in [2.45, 2.75) is 13.8 Å². The third-order valence-corrected chi connectivity index (χ3v) is 3.65. The van der Waals surface area contributed by atoms with Crippen LogP contribution in [-0.4, -0.2) is 9.97 Å². The third kappa shape index (κ3) is 2.51. The molecule has 4 heteroatoms. The van der Waals surface area contributed by atoms with E-state index >= 15 is 0 Å². The van der Waals surface area contributed by atoms with Gasteiger partial charge in [-0.1, -0.05) is 6.07 Å². The number of benzene rings is 1. The molecule has 100 valence electrons. The van der Waals surface area contributed by atoms with Gasteiger partial charge in [0, 0.05) is 22.9 Å². The summed E-state index contributed by atoms with van der Waals surface area (Å²) in [7, 11) is 0. The van der Waals surface area contributed by atoms with E-state index in [1.165, 1.54) is 11.1 Å². The van der Waals surface area contributed by atoms with Gasteiger partial charge in [-0.2, -0.15) is 0 Å². The minimum atomic E-state index is 0.714. The lowest BCUT2D eigenvalue weighted by Gasteiger charge is -2.09. The molecule has 0 unspecified atom stereocenters. The summed E-state index contributed by atoms with van der Waals surface area (Å²) in [5.74, 6) is 1.52. The fourth-order valence-corrected chi connectivity index (χ4v) is 2.29. The molecule has 0 atom stereocenters. The molecule has 0 fully saturated rings. The first kappa shape index (κ1) is 13.1. The number of ether oxygens (including phenoxy) is 1. The zero-order valence-electron chi connectivity index (χ0n) is 11.2. The van der Waals surface area contributed by atoms with E-state index in [1.807, 2.05) is 24.3 Å². The standard InChI is InChI=1S/C16H13BrN2O/c1-10-3-4-13(7-11(10)2)20-15-5-6-18-14-8-12(17)9-19-16(14)15/h3-9H,1-2H3. The summed E-state index contributed by atoms with van der Waals surface area (Å²) < 4.78 is 6.85. The molecule has 2 heterocycles. The van der Waals surface area contributed by atoms with Crippen molar-refractivity contribution in [1.82, 2.24) is 9.97 Å². The lowest BCUT2D eigenvalue weighted by atomic mass is 10.1. The Morgan fingerprint density at radius 2 is 1.85 bits per heavy atom. The first-order chi connectivity index (χ1) is 9.63. The molecule has 0 saturated carbocycles. The van der Waals surface area contributed by atoms with E-state index in [0.717, 1.165) is 21.3 Å². The molecule has 20 heavy (non-hydrogen) atoms. The predicted octanol–water partition coefficient (Wildman–Crippen LogP) is 4.80. The summed E-state index contributed by atoms with van der Waals surface area (Å²) in [5.41, 5.74) is 4.02. The molecule has 0 bridgehead atoms. The Morgan fingerprint density at radius 3 is 2.65 bits per heavy atom. The second-order valence-corrected chi connectivity index (χ2v) is 5.59. The van der Waals surface area contributed by atoms with Crippen molar-refractivity contribution >= 4 is 27.0 Å². The van der Waals surface area contributed by atoms with Crippen LogP contribution in [0.5, 0.6) is 11.5 Å². The van der Waals surface area contributed by atoms with Crippen molar-refractivity contribution in [3.8, 4) is 11.5 Å². The summed E-state index contributed by atoms with van der Waals surface area (Å²) in [6.07, 6.45) is 3.48. The molecule has 2 aromatic heterocycles. The summed E-state index contributed by atoms with van der Waals surface area (Å²) in [5, 5.41) is 0. The number of nitrogens with zero attached hydrogens (tertiary/aromatic N) is 2. The fourth-order valence-electron chi connectivity index (χ4n) is 1.97. The van der Waals surface area contributed by atoms with E-state index in [0.29, 0.717) is 5.75 Å². The maximum Gasteiger partial charge on any atom is 0.156 e. The molecule has 0 amide bonds. The number of pyridine rings is 2. The zero-order valence-corrected chi connectivity index (χ0v) is 12.8. The van der Waals surface area contributed by atoms with Gasteiger partial charge >= 0.3 is 0 Å². The summed E-state index contributed by atoms with van der Waals surface area (Å²) in [6, 6.07) is 9.81. The number of aromatic nitrogens is 2. The van der Waals surface area contributed by atoms with Crippen LogP contribution in [0.4, 0.5) is 0 Å². The van der Waals surface area contributed by atoms with Gasteiger partial charge < -0.3 is 4.74 Å². The van der Waals surface area contributed by atoms with Gasteiger partial charge in [0.15, 0.2) is 5.75 Å². The van der Waals surface area contributed by atoms with E-state index < -0.39 is 0 Å². The van der Waals surface area contributed by atoms with Gasteiger partial charge in [0.05, 0.1) is 5.52 Å². The van der Waals surface area contributed by atoms with Gasteiger partial charge in [-0.25, -0.2) is 4.98 Å². The van der Waals surface area contributed by atoms with Crippen LogP contribution in [0.1, 0.15) is 11.1 Å². The molecule has 0 aliphatic rings. The molecule has 3 aromatic rings. The van der Waals surface area contributed by atoms with E-state index in [4.69, 9.17) is 4.74 Å². The Labute approximate surface area is 125 Å². The van der Waals surface area contributed by atoms with Gasteiger partial charge in [0.2, 0.25) is 0 Å². The summed E-state index contributed by atoms with van der Waals surface area (Å²) in [6.45, 7) is 4.16. The number of hydrogen-bond acceptors (Lipinski definition) is 3. The minimum absolute atomic E-state index is 0.714. The van der Waals surface area contributed by atoms with Crippen molar-refractivity contribution in [2.75, 3.05) is 0 Å². The van der Waals surface area contributed by atoms with Gasteiger partial charge in [-0.05, 0) is 59.1 Å². The molecule has 0 radical (unpaired) electrons. The van der Waals surface area contributed by atoms with Crippen LogP contribution in [0.2, 0.25) is 0 Å². The monoisotopic (exact) mass is 328 g/mol. The van der Waals surface area contributed by atoms with Crippen molar-refractivity contribution in [3.05, 3.63) is 58.3 Å². The first-order valence-corrected chi connectivity index (χ1v) is 7.08. The van der Waals surface area contributed by atoms with Gasteiger partial charge in [0.25, 0.3) is 0 Å². The van der Waals surface area contributed by atoms with Crippen molar-refractivity contribution in [1.29, 1.82) is 0 Å².